The van der Waals surface area contributed by atoms with E-state index in [1.165, 1.54) is 0 Å². The van der Waals surface area contributed by atoms with Crippen molar-refractivity contribution in [3.63, 3.8) is 0 Å². The molecule has 0 aromatic rings. The van der Waals surface area contributed by atoms with E-state index in [1.54, 1.807) is 13.8 Å². The maximum Gasteiger partial charge on any atom is 0.321 e. The SMILES string of the molecule is CC#CC(C)(CCCCC)C(=O)O. The van der Waals surface area contributed by atoms with Crippen molar-refractivity contribution in [3.05, 3.63) is 0 Å². The van der Waals surface area contributed by atoms with Gasteiger partial charge in [0.2, 0.25) is 0 Å². The van der Waals surface area contributed by atoms with E-state index in [4.69, 9.17) is 5.11 Å². The third kappa shape index (κ3) is 3.98. The summed E-state index contributed by atoms with van der Waals surface area (Å²) in [6, 6.07) is 0. The van der Waals surface area contributed by atoms with E-state index in [9.17, 15) is 4.79 Å². The molecule has 0 amide bonds. The molecule has 0 saturated carbocycles. The van der Waals surface area contributed by atoms with Crippen LogP contribution in [0.5, 0.6) is 0 Å². The Hall–Kier alpha value is -0.970. The number of rotatable bonds is 5. The van der Waals surface area contributed by atoms with Gasteiger partial charge in [-0.1, -0.05) is 32.1 Å². The zero-order valence-electron chi connectivity index (χ0n) is 8.68. The summed E-state index contributed by atoms with van der Waals surface area (Å²) >= 11 is 0. The maximum atomic E-state index is 10.9. The summed E-state index contributed by atoms with van der Waals surface area (Å²) in [5.41, 5.74) is -0.843. The van der Waals surface area contributed by atoms with Crippen molar-refractivity contribution < 1.29 is 9.90 Å². The molecule has 1 atom stereocenters. The highest BCUT2D eigenvalue weighted by Crippen LogP contribution is 2.23. The lowest BCUT2D eigenvalue weighted by atomic mass is 9.85. The van der Waals surface area contributed by atoms with Gasteiger partial charge >= 0.3 is 5.97 Å². The first-order valence-corrected chi connectivity index (χ1v) is 4.74. The van der Waals surface area contributed by atoms with Crippen molar-refractivity contribution in [1.82, 2.24) is 0 Å². The second kappa shape index (κ2) is 5.64. The lowest BCUT2D eigenvalue weighted by Crippen LogP contribution is -2.25. The number of unbranched alkanes of at least 4 members (excludes halogenated alkanes) is 2. The number of aliphatic carboxylic acids is 1. The van der Waals surface area contributed by atoms with Crippen molar-refractivity contribution >= 4 is 5.97 Å². The molecule has 1 N–H and O–H groups in total. The number of hydrogen-bond acceptors (Lipinski definition) is 1. The normalized spacial score (nSPS) is 14.1. The topological polar surface area (TPSA) is 37.3 Å². The van der Waals surface area contributed by atoms with Gasteiger partial charge in [0.15, 0.2) is 0 Å². The second-order valence-electron chi connectivity index (χ2n) is 3.47. The van der Waals surface area contributed by atoms with Crippen molar-refractivity contribution in [2.24, 2.45) is 5.41 Å². The smallest absolute Gasteiger partial charge is 0.321 e. The van der Waals surface area contributed by atoms with E-state index >= 15 is 0 Å². The Morgan fingerprint density at radius 3 is 2.46 bits per heavy atom. The number of carboxylic acids is 1. The van der Waals surface area contributed by atoms with Gasteiger partial charge in [0.25, 0.3) is 0 Å². The average Bonchev–Trinajstić information content (AvgIpc) is 2.05. The highest BCUT2D eigenvalue weighted by molar-refractivity contribution is 5.78. The zero-order valence-corrected chi connectivity index (χ0v) is 8.68. The van der Waals surface area contributed by atoms with Crippen LogP contribution in [0, 0.1) is 17.3 Å². The summed E-state index contributed by atoms with van der Waals surface area (Å²) in [5, 5.41) is 8.96. The molecule has 0 aliphatic rings. The summed E-state index contributed by atoms with van der Waals surface area (Å²) in [7, 11) is 0. The molecule has 2 heteroatoms. The van der Waals surface area contributed by atoms with Crippen LogP contribution >= 0.6 is 0 Å². The van der Waals surface area contributed by atoms with Gasteiger partial charge in [0, 0.05) is 0 Å². The molecule has 74 valence electrons. The van der Waals surface area contributed by atoms with E-state index in [0.29, 0.717) is 6.42 Å². The minimum Gasteiger partial charge on any atom is -0.480 e. The van der Waals surface area contributed by atoms with Gasteiger partial charge in [0.05, 0.1) is 0 Å². The molecule has 0 saturated heterocycles. The first kappa shape index (κ1) is 12.0. The van der Waals surface area contributed by atoms with Crippen LogP contribution in [-0.2, 0) is 4.79 Å². The van der Waals surface area contributed by atoms with Crippen molar-refractivity contribution in [3.8, 4) is 11.8 Å². The van der Waals surface area contributed by atoms with Gasteiger partial charge in [-0.15, -0.1) is 5.92 Å². The summed E-state index contributed by atoms with van der Waals surface area (Å²) in [4.78, 5) is 10.9. The van der Waals surface area contributed by atoms with Crippen LogP contribution in [-0.4, -0.2) is 11.1 Å². The van der Waals surface area contributed by atoms with Gasteiger partial charge in [-0.2, -0.15) is 0 Å². The highest BCUT2D eigenvalue weighted by Gasteiger charge is 2.29. The zero-order chi connectivity index (χ0) is 10.3. The molecule has 2 nitrogen and oxygen atoms in total. The summed E-state index contributed by atoms with van der Waals surface area (Å²) in [6.45, 7) is 5.48. The first-order valence-electron chi connectivity index (χ1n) is 4.74. The molecule has 1 unspecified atom stereocenters. The lowest BCUT2D eigenvalue weighted by Gasteiger charge is -2.17. The molecule has 0 spiro atoms. The fourth-order valence-electron chi connectivity index (χ4n) is 1.23. The van der Waals surface area contributed by atoms with E-state index in [0.717, 1.165) is 19.3 Å². The number of carboxylic acid groups (broad SMARTS) is 1. The highest BCUT2D eigenvalue weighted by atomic mass is 16.4. The van der Waals surface area contributed by atoms with Crippen LogP contribution in [0.2, 0.25) is 0 Å². The predicted molar refractivity (Wildman–Crippen MR) is 53.3 cm³/mol. The monoisotopic (exact) mass is 182 g/mol. The minimum absolute atomic E-state index is 0.650. The Morgan fingerprint density at radius 2 is 2.08 bits per heavy atom. The largest absolute Gasteiger partial charge is 0.480 e. The van der Waals surface area contributed by atoms with Crippen molar-refractivity contribution in [1.29, 1.82) is 0 Å². The molecule has 0 heterocycles. The predicted octanol–water partition coefficient (Wildman–Crippen LogP) is 2.68. The Bertz CT molecular complexity index is 222. The molecule has 0 aromatic heterocycles. The van der Waals surface area contributed by atoms with Gasteiger partial charge < -0.3 is 5.11 Å². The van der Waals surface area contributed by atoms with Crippen LogP contribution in [0.15, 0.2) is 0 Å². The van der Waals surface area contributed by atoms with Gasteiger partial charge in [0.1, 0.15) is 5.41 Å². The molecule has 0 aromatic carbocycles. The number of hydrogen-bond donors (Lipinski definition) is 1. The Labute approximate surface area is 80.3 Å². The fraction of sp³-hybridized carbons (Fsp3) is 0.727. The first-order chi connectivity index (χ1) is 6.06. The van der Waals surface area contributed by atoms with Crippen LogP contribution in [0.3, 0.4) is 0 Å². The van der Waals surface area contributed by atoms with E-state index in [1.807, 2.05) is 0 Å². The Balaban J connectivity index is 4.23. The maximum absolute atomic E-state index is 10.9. The summed E-state index contributed by atoms with van der Waals surface area (Å²) in [5.74, 6) is 4.65. The fourth-order valence-corrected chi connectivity index (χ4v) is 1.23. The molecule has 0 fully saturated rings. The lowest BCUT2D eigenvalue weighted by molar-refractivity contribution is -0.145. The summed E-state index contributed by atoms with van der Waals surface area (Å²) in [6.07, 6.45) is 3.77. The van der Waals surface area contributed by atoms with E-state index in [-0.39, 0.29) is 0 Å². The van der Waals surface area contributed by atoms with E-state index < -0.39 is 11.4 Å². The van der Waals surface area contributed by atoms with Gasteiger partial charge in [-0.25, -0.2) is 0 Å². The quantitative estimate of drug-likeness (QED) is 0.524. The molecule has 0 aliphatic heterocycles. The minimum atomic E-state index is -0.843. The van der Waals surface area contributed by atoms with Crippen LogP contribution in [0.25, 0.3) is 0 Å². The Morgan fingerprint density at radius 1 is 1.46 bits per heavy atom. The third-order valence-corrected chi connectivity index (χ3v) is 2.15. The molecule has 0 aliphatic carbocycles. The molecular formula is C11H18O2. The molecule has 0 radical (unpaired) electrons. The van der Waals surface area contributed by atoms with Crippen molar-refractivity contribution in [2.45, 2.75) is 46.5 Å². The van der Waals surface area contributed by atoms with Crippen LogP contribution in [0.4, 0.5) is 0 Å². The molecule has 0 rings (SSSR count). The standard InChI is InChI=1S/C11H18O2/c1-4-6-7-9-11(3,8-5-2)10(12)13/h4,6-7,9H2,1-3H3,(H,12,13). The Kier molecular flexibility index (Phi) is 5.22. The average molecular weight is 182 g/mol. The second-order valence-corrected chi connectivity index (χ2v) is 3.47. The third-order valence-electron chi connectivity index (χ3n) is 2.15. The molecular weight excluding hydrogens is 164 g/mol. The number of carbonyl (C=O) groups is 1. The van der Waals surface area contributed by atoms with Crippen molar-refractivity contribution in [2.75, 3.05) is 0 Å². The molecule has 0 bridgehead atoms. The van der Waals surface area contributed by atoms with E-state index in [2.05, 4.69) is 18.8 Å². The van der Waals surface area contributed by atoms with Crippen LogP contribution < -0.4 is 0 Å². The van der Waals surface area contributed by atoms with Crippen LogP contribution in [0.1, 0.15) is 46.5 Å². The van der Waals surface area contributed by atoms with Gasteiger partial charge in [-0.05, 0) is 20.3 Å². The summed E-state index contributed by atoms with van der Waals surface area (Å²) < 4.78 is 0. The van der Waals surface area contributed by atoms with Gasteiger partial charge in [-0.3, -0.25) is 4.79 Å². The molecule has 13 heavy (non-hydrogen) atoms.